The number of nitrogens with zero attached hydrogens (tertiary/aromatic N) is 2. The molecule has 1 amide bonds. The van der Waals surface area contributed by atoms with Crippen LogP contribution in [0.25, 0.3) is 6.08 Å². The molecule has 0 spiro atoms. The Balaban J connectivity index is 1.56. The molecule has 1 aromatic heterocycles. The Bertz CT molecular complexity index is 844. The summed E-state index contributed by atoms with van der Waals surface area (Å²) in [5.41, 5.74) is 4.12. The fraction of sp³-hybridized carbons (Fsp3) is 0.455. The maximum Gasteiger partial charge on any atom is 0.275 e. The molecular formula is C22H25N3O. The first kappa shape index (κ1) is 15.9. The van der Waals surface area contributed by atoms with Gasteiger partial charge in [0.05, 0.1) is 0 Å². The van der Waals surface area contributed by atoms with Crippen LogP contribution in [0.5, 0.6) is 0 Å². The summed E-state index contributed by atoms with van der Waals surface area (Å²) in [5.74, 6) is 0.717. The van der Waals surface area contributed by atoms with Crippen molar-refractivity contribution in [3.8, 4) is 0 Å². The molecule has 2 aromatic rings. The molecule has 26 heavy (non-hydrogen) atoms. The molecule has 2 aliphatic carbocycles. The molecule has 1 N–H and O–H groups in total. The van der Waals surface area contributed by atoms with E-state index in [2.05, 4.69) is 52.7 Å². The lowest BCUT2D eigenvalue weighted by molar-refractivity contribution is 0.0880. The Morgan fingerprint density at radius 3 is 2.62 bits per heavy atom. The molecule has 1 saturated carbocycles. The van der Waals surface area contributed by atoms with Gasteiger partial charge in [0.15, 0.2) is 5.69 Å². The van der Waals surface area contributed by atoms with Crippen molar-refractivity contribution in [1.29, 1.82) is 0 Å². The number of rotatable bonds is 3. The SMILES string of the molecule is O=C(c1n[nH]c2c1C=CC(c1ccccc1)(C1CCCCC1)C2)N1CC1. The van der Waals surface area contributed by atoms with E-state index in [9.17, 15) is 4.79 Å². The van der Waals surface area contributed by atoms with Gasteiger partial charge in [0.25, 0.3) is 5.91 Å². The lowest BCUT2D eigenvalue weighted by atomic mass is 9.61. The summed E-state index contributed by atoms with van der Waals surface area (Å²) >= 11 is 0. The lowest BCUT2D eigenvalue weighted by Crippen LogP contribution is -2.38. The number of carbonyl (C=O) groups is 1. The third kappa shape index (κ3) is 2.51. The van der Waals surface area contributed by atoms with E-state index in [1.165, 1.54) is 37.7 Å². The van der Waals surface area contributed by atoms with Crippen LogP contribution in [0.4, 0.5) is 0 Å². The summed E-state index contributed by atoms with van der Waals surface area (Å²) in [6.45, 7) is 1.72. The molecule has 1 unspecified atom stereocenters. The highest BCUT2D eigenvalue weighted by atomic mass is 16.2. The van der Waals surface area contributed by atoms with Crippen LogP contribution in [0.1, 0.15) is 59.4 Å². The van der Waals surface area contributed by atoms with Gasteiger partial charge in [-0.2, -0.15) is 5.10 Å². The third-order valence-corrected chi connectivity index (χ3v) is 6.48. The van der Waals surface area contributed by atoms with Crippen molar-refractivity contribution in [2.24, 2.45) is 5.92 Å². The second-order valence-corrected chi connectivity index (χ2v) is 8.01. The summed E-state index contributed by atoms with van der Waals surface area (Å²) in [6, 6.07) is 10.9. The molecule has 5 rings (SSSR count). The van der Waals surface area contributed by atoms with Gasteiger partial charge < -0.3 is 4.90 Å². The molecule has 0 bridgehead atoms. The summed E-state index contributed by atoms with van der Waals surface area (Å²) in [6.07, 6.45) is 12.0. The van der Waals surface area contributed by atoms with E-state index in [1.807, 2.05) is 4.90 Å². The van der Waals surface area contributed by atoms with E-state index < -0.39 is 0 Å². The van der Waals surface area contributed by atoms with Crippen molar-refractivity contribution in [2.45, 2.75) is 43.9 Å². The van der Waals surface area contributed by atoms with E-state index in [4.69, 9.17) is 0 Å². The minimum absolute atomic E-state index is 0.0153. The lowest BCUT2D eigenvalue weighted by Gasteiger charge is -2.43. The fourth-order valence-corrected chi connectivity index (χ4v) is 4.93. The van der Waals surface area contributed by atoms with Crippen molar-refractivity contribution < 1.29 is 4.79 Å². The molecule has 1 saturated heterocycles. The number of allylic oxidation sites excluding steroid dienone is 1. The van der Waals surface area contributed by atoms with E-state index in [-0.39, 0.29) is 11.3 Å². The molecule has 1 atom stereocenters. The Morgan fingerprint density at radius 2 is 1.88 bits per heavy atom. The highest BCUT2D eigenvalue weighted by Crippen LogP contribution is 2.47. The molecule has 3 aliphatic rings. The number of benzene rings is 1. The van der Waals surface area contributed by atoms with Gasteiger partial charge in [-0.3, -0.25) is 9.89 Å². The minimum Gasteiger partial charge on any atom is -0.334 e. The van der Waals surface area contributed by atoms with Crippen LogP contribution in [-0.4, -0.2) is 34.1 Å². The minimum atomic E-state index is 0.0153. The van der Waals surface area contributed by atoms with Crippen LogP contribution in [0.15, 0.2) is 36.4 Å². The first-order valence-corrected chi connectivity index (χ1v) is 9.89. The molecular weight excluding hydrogens is 322 g/mol. The number of hydrogen-bond donors (Lipinski definition) is 1. The van der Waals surface area contributed by atoms with Crippen molar-refractivity contribution in [3.05, 3.63) is 58.9 Å². The van der Waals surface area contributed by atoms with Crippen molar-refractivity contribution in [3.63, 3.8) is 0 Å². The zero-order valence-electron chi connectivity index (χ0n) is 15.1. The van der Waals surface area contributed by atoms with E-state index >= 15 is 0 Å². The van der Waals surface area contributed by atoms with Crippen LogP contribution in [0.3, 0.4) is 0 Å². The molecule has 4 nitrogen and oxygen atoms in total. The highest BCUT2D eigenvalue weighted by molar-refractivity contribution is 5.97. The van der Waals surface area contributed by atoms with Crippen molar-refractivity contribution in [2.75, 3.05) is 13.1 Å². The largest absolute Gasteiger partial charge is 0.334 e. The number of aromatic nitrogens is 2. The molecule has 2 fully saturated rings. The molecule has 134 valence electrons. The summed E-state index contributed by atoms with van der Waals surface area (Å²) < 4.78 is 0. The van der Waals surface area contributed by atoms with Gasteiger partial charge in [-0.25, -0.2) is 0 Å². The summed E-state index contributed by atoms with van der Waals surface area (Å²) in [4.78, 5) is 14.3. The Labute approximate surface area is 154 Å². The average molecular weight is 347 g/mol. The highest BCUT2D eigenvalue weighted by Gasteiger charge is 2.42. The maximum atomic E-state index is 12.5. The number of nitrogens with one attached hydrogen (secondary N) is 1. The van der Waals surface area contributed by atoms with E-state index in [0.29, 0.717) is 11.6 Å². The van der Waals surface area contributed by atoms with Crippen LogP contribution < -0.4 is 0 Å². The first-order valence-electron chi connectivity index (χ1n) is 9.89. The van der Waals surface area contributed by atoms with E-state index in [1.54, 1.807) is 0 Å². The van der Waals surface area contributed by atoms with Crippen LogP contribution in [0.2, 0.25) is 0 Å². The topological polar surface area (TPSA) is 48.8 Å². The predicted molar refractivity (Wildman–Crippen MR) is 102 cm³/mol. The molecule has 1 aliphatic heterocycles. The normalized spacial score (nSPS) is 25.2. The zero-order valence-corrected chi connectivity index (χ0v) is 15.1. The quantitative estimate of drug-likeness (QED) is 0.855. The van der Waals surface area contributed by atoms with E-state index in [0.717, 1.165) is 30.8 Å². The van der Waals surface area contributed by atoms with Crippen LogP contribution >= 0.6 is 0 Å². The van der Waals surface area contributed by atoms with Gasteiger partial charge in [-0.15, -0.1) is 0 Å². The summed E-state index contributed by atoms with van der Waals surface area (Å²) in [7, 11) is 0. The third-order valence-electron chi connectivity index (χ3n) is 6.48. The second-order valence-electron chi connectivity index (χ2n) is 8.01. The Morgan fingerprint density at radius 1 is 1.12 bits per heavy atom. The van der Waals surface area contributed by atoms with Crippen LogP contribution in [-0.2, 0) is 11.8 Å². The standard InChI is InChI=1S/C22H25N3O/c26-21(25-13-14-25)20-18-11-12-22(15-19(18)23-24-20,16-7-3-1-4-8-16)17-9-5-2-6-10-17/h1,3-4,7-8,11-12,17H,2,5-6,9-10,13-15H2,(H,23,24). The Hall–Kier alpha value is -2.36. The van der Waals surface area contributed by atoms with Crippen molar-refractivity contribution >= 4 is 12.0 Å². The van der Waals surface area contributed by atoms with Gasteiger partial charge in [-0.05, 0) is 24.3 Å². The summed E-state index contributed by atoms with van der Waals surface area (Å²) in [5, 5.41) is 7.60. The second kappa shape index (κ2) is 6.11. The number of H-pyrrole nitrogens is 1. The van der Waals surface area contributed by atoms with Crippen LogP contribution in [0, 0.1) is 5.92 Å². The molecule has 1 aromatic carbocycles. The van der Waals surface area contributed by atoms with Gasteiger partial charge in [0.2, 0.25) is 0 Å². The van der Waals surface area contributed by atoms with Crippen molar-refractivity contribution in [1.82, 2.24) is 15.1 Å². The van der Waals surface area contributed by atoms with Gasteiger partial charge in [-0.1, -0.05) is 61.7 Å². The van der Waals surface area contributed by atoms with Gasteiger partial charge >= 0.3 is 0 Å². The van der Waals surface area contributed by atoms with Gasteiger partial charge in [0.1, 0.15) is 0 Å². The zero-order chi connectivity index (χ0) is 17.6. The van der Waals surface area contributed by atoms with Gasteiger partial charge in [0, 0.05) is 36.2 Å². The molecule has 4 heteroatoms. The first-order chi connectivity index (χ1) is 12.8. The number of aromatic amines is 1. The number of fused-ring (bicyclic) bond motifs is 1. The maximum absolute atomic E-state index is 12.5. The molecule has 0 radical (unpaired) electrons. The predicted octanol–water partition coefficient (Wildman–Crippen LogP) is 3.95. The monoisotopic (exact) mass is 347 g/mol. The number of carbonyl (C=O) groups excluding carboxylic acids is 1. The fourth-order valence-electron chi connectivity index (χ4n) is 4.93. The number of hydrogen-bond acceptors (Lipinski definition) is 2. The Kier molecular flexibility index (Phi) is 3.73. The number of amides is 1. The smallest absolute Gasteiger partial charge is 0.275 e. The average Bonchev–Trinajstić information content (AvgIpc) is 3.48. The molecule has 2 heterocycles.